The first-order chi connectivity index (χ1) is 4.63. The molecule has 0 spiro atoms. The van der Waals surface area contributed by atoms with Crippen LogP contribution in [0.1, 0.15) is 25.5 Å². The summed E-state index contributed by atoms with van der Waals surface area (Å²) in [5.74, 6) is -0.148. The van der Waals surface area contributed by atoms with Crippen LogP contribution in [0, 0.1) is 5.95 Å². The van der Waals surface area contributed by atoms with E-state index < -0.39 is 0 Å². The number of hydrogen-bond acceptors (Lipinski definition) is 1. The van der Waals surface area contributed by atoms with Crippen LogP contribution in [0.2, 0.25) is 0 Å². The Morgan fingerprint density at radius 2 is 2.20 bits per heavy atom. The van der Waals surface area contributed by atoms with Crippen molar-refractivity contribution in [3.8, 4) is 0 Å². The minimum Gasteiger partial charge on any atom is -0.335 e. The monoisotopic (exact) mass is 142 g/mol. The first kappa shape index (κ1) is 7.25. The predicted molar refractivity (Wildman–Crippen MR) is 37.3 cm³/mol. The van der Waals surface area contributed by atoms with E-state index in [1.165, 1.54) is 6.33 Å². The quantitative estimate of drug-likeness (QED) is 0.583. The molecule has 0 aromatic carbocycles. The minimum absolute atomic E-state index is 0.201. The lowest BCUT2D eigenvalue weighted by Crippen LogP contribution is -1.98. The van der Waals surface area contributed by atoms with Crippen LogP contribution in [0.5, 0.6) is 0 Å². The number of hydrogen-bond donors (Lipinski definition) is 0. The second-order valence-corrected chi connectivity index (χ2v) is 2.69. The molecule has 0 atom stereocenters. The lowest BCUT2D eigenvalue weighted by Gasteiger charge is -2.03. The van der Waals surface area contributed by atoms with Gasteiger partial charge in [-0.3, -0.25) is 0 Å². The Morgan fingerprint density at radius 3 is 2.40 bits per heavy atom. The molecule has 1 aromatic heterocycles. The molecule has 10 heavy (non-hydrogen) atoms. The van der Waals surface area contributed by atoms with Gasteiger partial charge >= 0.3 is 0 Å². The van der Waals surface area contributed by atoms with Crippen molar-refractivity contribution in [1.82, 2.24) is 9.55 Å². The Labute approximate surface area is 59.7 Å². The average molecular weight is 142 g/mol. The van der Waals surface area contributed by atoms with E-state index in [1.807, 2.05) is 13.8 Å². The number of halogens is 1. The zero-order valence-corrected chi connectivity index (χ0v) is 6.43. The molecule has 1 heterocycles. The molecule has 1 aromatic rings. The Bertz CT molecular complexity index is 208. The Kier molecular flexibility index (Phi) is 1.74. The number of aryl methyl sites for hydroxylation is 1. The van der Waals surface area contributed by atoms with Gasteiger partial charge in [-0.15, -0.1) is 0 Å². The standard InChI is InChI=1S/C7H11FN2/c1-5(2)6-7(8)9-4-10(6)3/h4-5H,1-3H3. The summed E-state index contributed by atoms with van der Waals surface area (Å²) < 4.78 is 14.4. The molecule has 56 valence electrons. The molecule has 0 N–H and O–H groups in total. The van der Waals surface area contributed by atoms with Gasteiger partial charge in [0.25, 0.3) is 0 Å². The summed E-state index contributed by atoms with van der Waals surface area (Å²) in [5, 5.41) is 0. The topological polar surface area (TPSA) is 17.8 Å². The number of aromatic nitrogens is 2. The maximum absolute atomic E-state index is 12.7. The van der Waals surface area contributed by atoms with Crippen LogP contribution in [0.4, 0.5) is 4.39 Å². The summed E-state index contributed by atoms with van der Waals surface area (Å²) in [7, 11) is 1.80. The van der Waals surface area contributed by atoms with Crippen molar-refractivity contribution < 1.29 is 4.39 Å². The second-order valence-electron chi connectivity index (χ2n) is 2.69. The fourth-order valence-electron chi connectivity index (χ4n) is 1.06. The van der Waals surface area contributed by atoms with E-state index in [9.17, 15) is 4.39 Å². The molecule has 0 unspecified atom stereocenters. The van der Waals surface area contributed by atoms with Gasteiger partial charge < -0.3 is 4.57 Å². The maximum atomic E-state index is 12.7. The van der Waals surface area contributed by atoms with Crippen LogP contribution >= 0.6 is 0 Å². The first-order valence-corrected chi connectivity index (χ1v) is 3.29. The summed E-state index contributed by atoms with van der Waals surface area (Å²) in [6, 6.07) is 0. The molecule has 0 aliphatic carbocycles. The Morgan fingerprint density at radius 1 is 1.60 bits per heavy atom. The molecule has 2 nitrogen and oxygen atoms in total. The molecule has 0 aliphatic rings. The van der Waals surface area contributed by atoms with Crippen LogP contribution in [-0.2, 0) is 7.05 Å². The largest absolute Gasteiger partial charge is 0.335 e. The highest BCUT2D eigenvalue weighted by molar-refractivity contribution is 5.05. The third kappa shape index (κ3) is 1.03. The van der Waals surface area contributed by atoms with Crippen molar-refractivity contribution in [2.75, 3.05) is 0 Å². The summed E-state index contributed by atoms with van der Waals surface area (Å²) in [6.45, 7) is 3.89. The third-order valence-corrected chi connectivity index (χ3v) is 1.48. The van der Waals surface area contributed by atoms with E-state index in [1.54, 1.807) is 11.6 Å². The van der Waals surface area contributed by atoms with Gasteiger partial charge in [-0.2, -0.15) is 4.39 Å². The van der Waals surface area contributed by atoms with Gasteiger partial charge in [-0.1, -0.05) is 13.8 Å². The lowest BCUT2D eigenvalue weighted by atomic mass is 10.1. The van der Waals surface area contributed by atoms with E-state index in [-0.39, 0.29) is 11.9 Å². The molecule has 0 saturated carbocycles. The molecule has 1 rings (SSSR count). The third-order valence-electron chi connectivity index (χ3n) is 1.48. The van der Waals surface area contributed by atoms with Gasteiger partial charge in [0.15, 0.2) is 0 Å². The maximum Gasteiger partial charge on any atom is 0.234 e. The van der Waals surface area contributed by atoms with E-state index in [0.29, 0.717) is 5.69 Å². The molecule has 0 fully saturated rings. The lowest BCUT2D eigenvalue weighted by molar-refractivity contribution is 0.555. The van der Waals surface area contributed by atoms with Gasteiger partial charge in [0.2, 0.25) is 5.95 Å². The molecule has 3 heteroatoms. The van der Waals surface area contributed by atoms with Crippen LogP contribution in [0.3, 0.4) is 0 Å². The van der Waals surface area contributed by atoms with Crippen LogP contribution in [0.25, 0.3) is 0 Å². The number of rotatable bonds is 1. The van der Waals surface area contributed by atoms with E-state index in [0.717, 1.165) is 0 Å². The highest BCUT2D eigenvalue weighted by Gasteiger charge is 2.10. The van der Waals surface area contributed by atoms with Crippen LogP contribution in [-0.4, -0.2) is 9.55 Å². The van der Waals surface area contributed by atoms with Crippen LogP contribution < -0.4 is 0 Å². The number of nitrogens with zero attached hydrogens (tertiary/aromatic N) is 2. The van der Waals surface area contributed by atoms with E-state index >= 15 is 0 Å². The van der Waals surface area contributed by atoms with E-state index in [2.05, 4.69) is 4.98 Å². The average Bonchev–Trinajstić information content (AvgIpc) is 2.11. The van der Waals surface area contributed by atoms with Gasteiger partial charge in [0, 0.05) is 7.05 Å². The molecular formula is C7H11FN2. The van der Waals surface area contributed by atoms with E-state index in [4.69, 9.17) is 0 Å². The molecule has 0 saturated heterocycles. The summed E-state index contributed by atoms with van der Waals surface area (Å²) >= 11 is 0. The predicted octanol–water partition coefficient (Wildman–Crippen LogP) is 1.68. The summed E-state index contributed by atoms with van der Waals surface area (Å²) in [4.78, 5) is 3.53. The molecular weight excluding hydrogens is 131 g/mol. The normalized spacial score (nSPS) is 10.9. The minimum atomic E-state index is -0.350. The zero-order valence-electron chi connectivity index (χ0n) is 6.43. The Balaban J connectivity index is 3.10. The second kappa shape index (κ2) is 2.40. The summed E-state index contributed by atoms with van der Waals surface area (Å²) in [6.07, 6.45) is 1.49. The van der Waals surface area contributed by atoms with Crippen molar-refractivity contribution in [3.63, 3.8) is 0 Å². The zero-order chi connectivity index (χ0) is 7.72. The van der Waals surface area contributed by atoms with Gasteiger partial charge in [0.1, 0.15) is 0 Å². The molecule has 0 amide bonds. The van der Waals surface area contributed by atoms with Crippen molar-refractivity contribution in [2.24, 2.45) is 7.05 Å². The van der Waals surface area contributed by atoms with Crippen molar-refractivity contribution in [2.45, 2.75) is 19.8 Å². The smallest absolute Gasteiger partial charge is 0.234 e. The Hall–Kier alpha value is -0.860. The van der Waals surface area contributed by atoms with Crippen molar-refractivity contribution >= 4 is 0 Å². The van der Waals surface area contributed by atoms with Gasteiger partial charge in [0.05, 0.1) is 12.0 Å². The highest BCUT2D eigenvalue weighted by atomic mass is 19.1. The van der Waals surface area contributed by atoms with Gasteiger partial charge in [-0.25, -0.2) is 4.98 Å². The van der Waals surface area contributed by atoms with Crippen LogP contribution in [0.15, 0.2) is 6.33 Å². The van der Waals surface area contributed by atoms with Crippen molar-refractivity contribution in [1.29, 1.82) is 0 Å². The van der Waals surface area contributed by atoms with Gasteiger partial charge in [-0.05, 0) is 5.92 Å². The highest BCUT2D eigenvalue weighted by Crippen LogP contribution is 2.15. The fraction of sp³-hybridized carbons (Fsp3) is 0.571. The first-order valence-electron chi connectivity index (χ1n) is 3.29. The molecule has 0 radical (unpaired) electrons. The molecule has 0 aliphatic heterocycles. The summed E-state index contributed by atoms with van der Waals surface area (Å²) in [5.41, 5.74) is 0.667. The molecule has 0 bridgehead atoms. The number of imidazole rings is 1. The van der Waals surface area contributed by atoms with Crippen molar-refractivity contribution in [3.05, 3.63) is 18.0 Å². The SMILES string of the molecule is CC(C)c1c(F)ncn1C. The fourth-order valence-corrected chi connectivity index (χ4v) is 1.06.